The second-order valence-electron chi connectivity index (χ2n) is 6.62. The zero-order valence-corrected chi connectivity index (χ0v) is 16.1. The minimum Gasteiger partial charge on any atom is -0.323 e. The summed E-state index contributed by atoms with van der Waals surface area (Å²) in [5, 5.41) is 3.42. The van der Waals surface area contributed by atoms with Gasteiger partial charge in [0, 0.05) is 6.42 Å². The van der Waals surface area contributed by atoms with Gasteiger partial charge in [-0.25, -0.2) is 4.98 Å². The van der Waals surface area contributed by atoms with E-state index in [1.807, 2.05) is 59.2 Å². The fourth-order valence-corrected chi connectivity index (χ4v) is 3.47. The molecule has 1 aromatic heterocycles. The van der Waals surface area contributed by atoms with Crippen molar-refractivity contribution in [1.29, 1.82) is 0 Å². The molecule has 4 nitrogen and oxygen atoms in total. The fraction of sp³-hybridized carbons (Fsp3) is 0.130. The van der Waals surface area contributed by atoms with Crippen LogP contribution in [0, 0.1) is 0 Å². The summed E-state index contributed by atoms with van der Waals surface area (Å²) >= 11 is 6.16. The van der Waals surface area contributed by atoms with Gasteiger partial charge in [-0.3, -0.25) is 4.79 Å². The van der Waals surface area contributed by atoms with E-state index in [0.29, 0.717) is 10.7 Å². The quantitative estimate of drug-likeness (QED) is 0.498. The molecule has 0 unspecified atom stereocenters. The van der Waals surface area contributed by atoms with Crippen LogP contribution in [-0.4, -0.2) is 15.5 Å². The van der Waals surface area contributed by atoms with Crippen LogP contribution in [-0.2, 0) is 24.2 Å². The Morgan fingerprint density at radius 1 is 0.893 bits per heavy atom. The van der Waals surface area contributed by atoms with Gasteiger partial charge in [0.2, 0.25) is 5.91 Å². The summed E-state index contributed by atoms with van der Waals surface area (Å²) in [7, 11) is 0. The number of carbonyl (C=O) groups excluding carboxylic acids is 1. The van der Waals surface area contributed by atoms with Crippen LogP contribution in [0.15, 0.2) is 78.9 Å². The number of anilines is 1. The number of benzene rings is 3. The second kappa shape index (κ2) is 8.28. The fourth-order valence-electron chi connectivity index (χ4n) is 3.29. The molecule has 28 heavy (non-hydrogen) atoms. The van der Waals surface area contributed by atoms with Crippen LogP contribution in [0.4, 0.5) is 5.69 Å². The molecule has 4 aromatic rings. The van der Waals surface area contributed by atoms with Crippen LogP contribution >= 0.6 is 11.6 Å². The second-order valence-corrected chi connectivity index (χ2v) is 7.02. The SMILES string of the molecule is O=C(Cn1c(CCc2ccccc2)nc2ccccc21)Nc1ccccc1Cl. The van der Waals surface area contributed by atoms with E-state index in [0.717, 1.165) is 29.7 Å². The Morgan fingerprint density at radius 3 is 2.43 bits per heavy atom. The van der Waals surface area contributed by atoms with Gasteiger partial charge < -0.3 is 9.88 Å². The summed E-state index contributed by atoms with van der Waals surface area (Å²) < 4.78 is 1.99. The van der Waals surface area contributed by atoms with Crippen molar-refractivity contribution in [2.75, 3.05) is 5.32 Å². The number of hydrogen-bond donors (Lipinski definition) is 1. The van der Waals surface area contributed by atoms with Crippen LogP contribution < -0.4 is 5.32 Å². The number of rotatable bonds is 6. The lowest BCUT2D eigenvalue weighted by Gasteiger charge is -2.11. The molecule has 0 radical (unpaired) electrons. The van der Waals surface area contributed by atoms with E-state index in [1.54, 1.807) is 12.1 Å². The minimum atomic E-state index is -0.128. The molecule has 1 heterocycles. The van der Waals surface area contributed by atoms with Crippen molar-refractivity contribution in [3.8, 4) is 0 Å². The Balaban J connectivity index is 1.58. The summed E-state index contributed by atoms with van der Waals surface area (Å²) in [5.74, 6) is 0.775. The number of aryl methyl sites for hydroxylation is 2. The normalized spacial score (nSPS) is 10.9. The largest absolute Gasteiger partial charge is 0.323 e. The third-order valence-electron chi connectivity index (χ3n) is 4.66. The molecule has 1 amide bonds. The first-order chi connectivity index (χ1) is 13.7. The lowest BCUT2D eigenvalue weighted by Crippen LogP contribution is -2.20. The van der Waals surface area contributed by atoms with Crippen LogP contribution in [0.5, 0.6) is 0 Å². The number of amides is 1. The van der Waals surface area contributed by atoms with Gasteiger partial charge in [-0.1, -0.05) is 66.2 Å². The Bertz CT molecular complexity index is 1110. The Hall–Kier alpha value is -3.11. The molecule has 140 valence electrons. The van der Waals surface area contributed by atoms with Crippen LogP contribution in [0.3, 0.4) is 0 Å². The Labute approximate surface area is 168 Å². The molecule has 0 bridgehead atoms. The predicted molar refractivity (Wildman–Crippen MR) is 114 cm³/mol. The third kappa shape index (κ3) is 4.07. The van der Waals surface area contributed by atoms with Crippen LogP contribution in [0.1, 0.15) is 11.4 Å². The van der Waals surface area contributed by atoms with Gasteiger partial charge in [-0.2, -0.15) is 0 Å². The summed E-state index contributed by atoms with van der Waals surface area (Å²) in [6, 6.07) is 25.4. The first-order valence-corrected chi connectivity index (χ1v) is 9.61. The van der Waals surface area contributed by atoms with Gasteiger partial charge in [-0.15, -0.1) is 0 Å². The van der Waals surface area contributed by atoms with E-state index in [4.69, 9.17) is 16.6 Å². The number of fused-ring (bicyclic) bond motifs is 1. The maximum Gasteiger partial charge on any atom is 0.244 e. The third-order valence-corrected chi connectivity index (χ3v) is 4.99. The van der Waals surface area contributed by atoms with Gasteiger partial charge in [0.15, 0.2) is 0 Å². The van der Waals surface area contributed by atoms with Crippen molar-refractivity contribution in [1.82, 2.24) is 9.55 Å². The molecule has 0 aliphatic carbocycles. The van der Waals surface area contributed by atoms with E-state index in [9.17, 15) is 4.79 Å². The average Bonchev–Trinajstić information content (AvgIpc) is 3.06. The molecule has 1 N–H and O–H groups in total. The smallest absolute Gasteiger partial charge is 0.244 e. The number of nitrogens with zero attached hydrogens (tertiary/aromatic N) is 2. The van der Waals surface area contributed by atoms with Gasteiger partial charge in [0.25, 0.3) is 0 Å². The topological polar surface area (TPSA) is 46.9 Å². The zero-order valence-electron chi connectivity index (χ0n) is 15.3. The molecule has 0 atom stereocenters. The first kappa shape index (κ1) is 18.3. The summed E-state index contributed by atoms with van der Waals surface area (Å²) in [6.07, 6.45) is 1.63. The monoisotopic (exact) mass is 389 g/mol. The average molecular weight is 390 g/mol. The van der Waals surface area contributed by atoms with Crippen molar-refractivity contribution in [2.45, 2.75) is 19.4 Å². The lowest BCUT2D eigenvalue weighted by atomic mass is 10.1. The summed E-state index contributed by atoms with van der Waals surface area (Å²) in [4.78, 5) is 17.4. The zero-order chi connectivity index (χ0) is 19.3. The standard InChI is InChI=1S/C23H20ClN3O/c24-18-10-4-5-11-19(18)26-23(28)16-27-21-13-7-6-12-20(21)25-22(27)15-14-17-8-2-1-3-9-17/h1-13H,14-16H2,(H,26,28). The van der Waals surface area contributed by atoms with Crippen molar-refractivity contribution < 1.29 is 4.79 Å². The molecule has 0 aliphatic rings. The van der Waals surface area contributed by atoms with E-state index in [1.165, 1.54) is 5.56 Å². The number of para-hydroxylation sites is 3. The summed E-state index contributed by atoms with van der Waals surface area (Å²) in [6.45, 7) is 0.190. The van der Waals surface area contributed by atoms with Crippen molar-refractivity contribution in [3.63, 3.8) is 0 Å². The molecule has 0 saturated carbocycles. The number of nitrogens with one attached hydrogen (secondary N) is 1. The van der Waals surface area contributed by atoms with Crippen molar-refractivity contribution in [2.24, 2.45) is 0 Å². The highest BCUT2D eigenvalue weighted by Crippen LogP contribution is 2.21. The summed E-state index contributed by atoms with van der Waals surface area (Å²) in [5.41, 5.74) is 3.72. The number of carbonyl (C=O) groups is 1. The van der Waals surface area contributed by atoms with Gasteiger partial charge in [0.1, 0.15) is 12.4 Å². The number of aromatic nitrogens is 2. The maximum atomic E-state index is 12.7. The number of halogens is 1. The maximum absolute atomic E-state index is 12.7. The molecule has 0 spiro atoms. The minimum absolute atomic E-state index is 0.128. The van der Waals surface area contributed by atoms with Gasteiger partial charge >= 0.3 is 0 Å². The van der Waals surface area contributed by atoms with Crippen molar-refractivity contribution >= 4 is 34.2 Å². The lowest BCUT2D eigenvalue weighted by molar-refractivity contribution is -0.116. The van der Waals surface area contributed by atoms with Crippen LogP contribution in [0.2, 0.25) is 5.02 Å². The number of imidazole rings is 1. The van der Waals surface area contributed by atoms with E-state index in [-0.39, 0.29) is 12.5 Å². The molecule has 5 heteroatoms. The Kier molecular flexibility index (Phi) is 5.40. The highest BCUT2D eigenvalue weighted by molar-refractivity contribution is 6.33. The van der Waals surface area contributed by atoms with E-state index >= 15 is 0 Å². The molecular formula is C23H20ClN3O. The van der Waals surface area contributed by atoms with Crippen molar-refractivity contribution in [3.05, 3.63) is 95.3 Å². The highest BCUT2D eigenvalue weighted by Gasteiger charge is 2.14. The van der Waals surface area contributed by atoms with Gasteiger partial charge in [0.05, 0.1) is 21.7 Å². The van der Waals surface area contributed by atoms with Crippen LogP contribution in [0.25, 0.3) is 11.0 Å². The van der Waals surface area contributed by atoms with E-state index < -0.39 is 0 Å². The van der Waals surface area contributed by atoms with Gasteiger partial charge in [-0.05, 0) is 36.2 Å². The van der Waals surface area contributed by atoms with E-state index in [2.05, 4.69) is 17.4 Å². The molecular weight excluding hydrogens is 370 g/mol. The predicted octanol–water partition coefficient (Wildman–Crippen LogP) is 5.11. The molecule has 4 rings (SSSR count). The Morgan fingerprint density at radius 2 is 1.61 bits per heavy atom. The molecule has 0 saturated heterocycles. The molecule has 3 aromatic carbocycles. The first-order valence-electron chi connectivity index (χ1n) is 9.23. The molecule has 0 fully saturated rings. The molecule has 0 aliphatic heterocycles. The number of hydrogen-bond acceptors (Lipinski definition) is 2. The highest BCUT2D eigenvalue weighted by atomic mass is 35.5.